The number of aromatic nitrogens is 2. The molecule has 0 aromatic carbocycles. The van der Waals surface area contributed by atoms with Crippen molar-refractivity contribution in [3.63, 3.8) is 0 Å². The monoisotopic (exact) mass is 252 g/mol. The second-order valence-electron chi connectivity index (χ2n) is 4.36. The Balaban J connectivity index is 1.89. The van der Waals surface area contributed by atoms with Crippen molar-refractivity contribution >= 4 is 12.0 Å². The van der Waals surface area contributed by atoms with E-state index in [-0.39, 0.29) is 18.6 Å². The van der Waals surface area contributed by atoms with Gasteiger partial charge in [-0.3, -0.25) is 9.48 Å². The second-order valence-corrected chi connectivity index (χ2v) is 4.36. The molecule has 7 nitrogen and oxygen atoms in total. The maximum absolute atomic E-state index is 11.9. The van der Waals surface area contributed by atoms with Crippen molar-refractivity contribution in [2.45, 2.75) is 25.4 Å². The molecule has 0 unspecified atom stereocenters. The number of carboxylic acid groups (broad SMARTS) is 1. The van der Waals surface area contributed by atoms with Crippen molar-refractivity contribution in [2.75, 3.05) is 6.54 Å². The van der Waals surface area contributed by atoms with E-state index in [1.165, 1.54) is 4.90 Å². The largest absolute Gasteiger partial charge is 0.480 e. The fraction of sp³-hybridized carbons (Fsp3) is 0.545. The highest BCUT2D eigenvalue weighted by atomic mass is 16.4. The molecule has 0 bridgehead atoms. The molecule has 1 aromatic heterocycles. The van der Waals surface area contributed by atoms with Crippen molar-refractivity contribution in [3.8, 4) is 0 Å². The number of nitrogens with one attached hydrogen (secondary N) is 1. The third-order valence-electron chi connectivity index (χ3n) is 2.90. The van der Waals surface area contributed by atoms with Crippen LogP contribution in [0.4, 0.5) is 4.79 Å². The lowest BCUT2D eigenvalue weighted by molar-refractivity contribution is -0.137. The zero-order valence-corrected chi connectivity index (χ0v) is 10.2. The number of carbonyl (C=O) groups excluding carboxylic acids is 1. The summed E-state index contributed by atoms with van der Waals surface area (Å²) in [5.74, 6) is -0.988. The van der Waals surface area contributed by atoms with Crippen molar-refractivity contribution < 1.29 is 14.7 Å². The van der Waals surface area contributed by atoms with Gasteiger partial charge in [-0.2, -0.15) is 5.10 Å². The van der Waals surface area contributed by atoms with E-state index in [0.717, 1.165) is 18.5 Å². The molecule has 1 aromatic rings. The number of hydrogen-bond acceptors (Lipinski definition) is 3. The van der Waals surface area contributed by atoms with Gasteiger partial charge in [-0.1, -0.05) is 0 Å². The lowest BCUT2D eigenvalue weighted by Crippen LogP contribution is -2.44. The molecule has 1 aliphatic rings. The van der Waals surface area contributed by atoms with E-state index in [0.29, 0.717) is 6.54 Å². The molecule has 1 aliphatic carbocycles. The molecular formula is C11H16N4O3. The Bertz CT molecular complexity index is 453. The molecule has 2 rings (SSSR count). The van der Waals surface area contributed by atoms with E-state index in [1.54, 1.807) is 24.0 Å². The first-order valence-corrected chi connectivity index (χ1v) is 5.81. The number of aliphatic carboxylic acids is 1. The second kappa shape index (κ2) is 5.07. The highest BCUT2D eigenvalue weighted by Gasteiger charge is 2.33. The maximum atomic E-state index is 11.9. The number of carboxylic acids is 1. The summed E-state index contributed by atoms with van der Waals surface area (Å²) in [6, 6.07) is 1.55. The minimum absolute atomic E-state index is 0.0765. The molecule has 0 aliphatic heterocycles. The van der Waals surface area contributed by atoms with Crippen LogP contribution < -0.4 is 5.32 Å². The first-order valence-electron chi connectivity index (χ1n) is 5.81. The van der Waals surface area contributed by atoms with E-state index in [4.69, 9.17) is 5.11 Å². The van der Waals surface area contributed by atoms with Crippen molar-refractivity contribution in [1.29, 1.82) is 0 Å². The summed E-state index contributed by atoms with van der Waals surface area (Å²) >= 11 is 0. The third kappa shape index (κ3) is 2.99. The SMILES string of the molecule is Cn1nccc1CNC(=O)N(CC(=O)O)C1CC1. The molecule has 7 heteroatoms. The van der Waals surface area contributed by atoms with Gasteiger partial charge in [0.15, 0.2) is 0 Å². The zero-order chi connectivity index (χ0) is 13.1. The molecule has 0 spiro atoms. The van der Waals surface area contributed by atoms with Crippen LogP contribution in [-0.4, -0.2) is 44.4 Å². The van der Waals surface area contributed by atoms with E-state index < -0.39 is 5.97 Å². The van der Waals surface area contributed by atoms with Crippen molar-refractivity contribution in [2.24, 2.45) is 7.05 Å². The first kappa shape index (κ1) is 12.4. The van der Waals surface area contributed by atoms with Gasteiger partial charge in [0, 0.05) is 19.3 Å². The summed E-state index contributed by atoms with van der Waals surface area (Å²) in [6.07, 6.45) is 3.41. The van der Waals surface area contributed by atoms with Gasteiger partial charge in [0.25, 0.3) is 0 Å². The fourth-order valence-corrected chi connectivity index (χ4v) is 1.74. The Morgan fingerprint density at radius 3 is 2.83 bits per heavy atom. The lowest BCUT2D eigenvalue weighted by atomic mass is 10.4. The molecule has 1 fully saturated rings. The summed E-state index contributed by atoms with van der Waals surface area (Å²) < 4.78 is 1.67. The zero-order valence-electron chi connectivity index (χ0n) is 10.2. The minimum Gasteiger partial charge on any atom is -0.480 e. The summed E-state index contributed by atoms with van der Waals surface area (Å²) in [5.41, 5.74) is 0.870. The van der Waals surface area contributed by atoms with E-state index in [1.807, 2.05) is 0 Å². The number of urea groups is 1. The molecule has 0 saturated heterocycles. The normalized spacial score (nSPS) is 14.3. The molecule has 0 atom stereocenters. The van der Waals surface area contributed by atoms with Crippen LogP contribution >= 0.6 is 0 Å². The smallest absolute Gasteiger partial charge is 0.323 e. The lowest BCUT2D eigenvalue weighted by Gasteiger charge is -2.20. The molecule has 98 valence electrons. The van der Waals surface area contributed by atoms with Crippen molar-refractivity contribution in [3.05, 3.63) is 18.0 Å². The molecule has 18 heavy (non-hydrogen) atoms. The van der Waals surface area contributed by atoms with Crippen LogP contribution in [0.1, 0.15) is 18.5 Å². The average molecular weight is 252 g/mol. The summed E-state index contributed by atoms with van der Waals surface area (Å²) in [5, 5.41) is 15.5. The van der Waals surface area contributed by atoms with E-state index >= 15 is 0 Å². The first-order chi connectivity index (χ1) is 8.58. The molecular weight excluding hydrogens is 236 g/mol. The summed E-state index contributed by atoms with van der Waals surface area (Å²) in [6.45, 7) is 0.0973. The molecule has 1 heterocycles. The average Bonchev–Trinajstić information content (AvgIpc) is 3.07. The van der Waals surface area contributed by atoms with E-state index in [9.17, 15) is 9.59 Å². The predicted molar refractivity (Wildman–Crippen MR) is 62.8 cm³/mol. The quantitative estimate of drug-likeness (QED) is 0.782. The van der Waals surface area contributed by atoms with Gasteiger partial charge in [-0.05, 0) is 18.9 Å². The van der Waals surface area contributed by atoms with E-state index in [2.05, 4.69) is 10.4 Å². The number of carbonyl (C=O) groups is 2. The Hall–Kier alpha value is -2.05. The van der Waals surface area contributed by atoms with Gasteiger partial charge < -0.3 is 15.3 Å². The Kier molecular flexibility index (Phi) is 3.50. The fourth-order valence-electron chi connectivity index (χ4n) is 1.74. The number of amides is 2. The number of aryl methyl sites for hydroxylation is 1. The molecule has 2 N–H and O–H groups in total. The van der Waals surface area contributed by atoms with Crippen molar-refractivity contribution in [1.82, 2.24) is 20.0 Å². The standard InChI is InChI=1S/C11H16N4O3/c1-14-9(4-5-13-14)6-12-11(18)15(7-10(16)17)8-2-3-8/h4-5,8H,2-3,6-7H2,1H3,(H,12,18)(H,16,17). The molecule has 1 saturated carbocycles. The van der Waals surface area contributed by atoms with Crippen LogP contribution in [-0.2, 0) is 18.4 Å². The van der Waals surface area contributed by atoms with Gasteiger partial charge >= 0.3 is 12.0 Å². The number of rotatable bonds is 5. The summed E-state index contributed by atoms with van der Waals surface area (Å²) in [4.78, 5) is 24.0. The predicted octanol–water partition coefficient (Wildman–Crippen LogP) is 0.179. The van der Waals surface area contributed by atoms with Crippen LogP contribution in [0.3, 0.4) is 0 Å². The highest BCUT2D eigenvalue weighted by Crippen LogP contribution is 2.26. The van der Waals surface area contributed by atoms with Crippen LogP contribution in [0.2, 0.25) is 0 Å². The van der Waals surface area contributed by atoms with Crippen LogP contribution in [0, 0.1) is 0 Å². The Labute approximate surface area is 104 Å². The maximum Gasteiger partial charge on any atom is 0.323 e. The number of hydrogen-bond donors (Lipinski definition) is 2. The van der Waals surface area contributed by atoms with Gasteiger partial charge in [-0.25, -0.2) is 4.79 Å². The third-order valence-corrected chi connectivity index (χ3v) is 2.90. The molecule has 2 amide bonds. The summed E-state index contributed by atoms with van der Waals surface area (Å²) in [7, 11) is 1.79. The topological polar surface area (TPSA) is 87.5 Å². The van der Waals surface area contributed by atoms with Gasteiger partial charge in [0.05, 0.1) is 12.2 Å². The van der Waals surface area contributed by atoms with Crippen LogP contribution in [0.25, 0.3) is 0 Å². The Morgan fingerprint density at radius 1 is 1.61 bits per heavy atom. The van der Waals surface area contributed by atoms with Gasteiger partial charge in [0.1, 0.15) is 6.54 Å². The highest BCUT2D eigenvalue weighted by molar-refractivity contribution is 5.80. The van der Waals surface area contributed by atoms with Crippen LogP contribution in [0.5, 0.6) is 0 Å². The number of nitrogens with zero attached hydrogens (tertiary/aromatic N) is 3. The van der Waals surface area contributed by atoms with Gasteiger partial charge in [-0.15, -0.1) is 0 Å². The van der Waals surface area contributed by atoms with Crippen LogP contribution in [0.15, 0.2) is 12.3 Å². The minimum atomic E-state index is -0.988. The van der Waals surface area contributed by atoms with Gasteiger partial charge in [0.2, 0.25) is 0 Å². The Morgan fingerprint density at radius 2 is 2.33 bits per heavy atom. The molecule has 0 radical (unpaired) electrons.